The highest BCUT2D eigenvalue weighted by Crippen LogP contribution is 2.47. The number of ether oxygens (including phenoxy) is 1. The first-order valence-corrected chi connectivity index (χ1v) is 10.2. The fraction of sp³-hybridized carbons (Fsp3) is 0.667. The second-order valence-corrected chi connectivity index (χ2v) is 9.98. The smallest absolute Gasteiger partial charge is 0.244 e. The average molecular weight is 340 g/mol. The molecule has 7 heteroatoms. The number of pyridine rings is 1. The van der Waals surface area contributed by atoms with Gasteiger partial charge in [0, 0.05) is 42.6 Å². The third kappa shape index (κ3) is 2.79. The molecular formula is C15H20N2O3S2. The lowest BCUT2D eigenvalue weighted by Gasteiger charge is -2.46. The van der Waals surface area contributed by atoms with Crippen LogP contribution in [0.1, 0.15) is 19.3 Å². The molecule has 2 aliphatic heterocycles. The van der Waals surface area contributed by atoms with E-state index in [0.717, 1.165) is 24.7 Å². The number of sulfonamides is 1. The lowest BCUT2D eigenvalue weighted by molar-refractivity contribution is 0.0446. The Bertz CT molecular complexity index is 640. The van der Waals surface area contributed by atoms with Crippen LogP contribution in [0.3, 0.4) is 0 Å². The molecular weight excluding hydrogens is 320 g/mol. The number of nitrogens with zero attached hydrogens (tertiary/aromatic N) is 2. The van der Waals surface area contributed by atoms with Gasteiger partial charge in [0.25, 0.3) is 0 Å². The Balaban J connectivity index is 1.35. The zero-order chi connectivity index (χ0) is 15.2. The normalized spacial score (nSPS) is 27.9. The van der Waals surface area contributed by atoms with Crippen molar-refractivity contribution in [1.29, 1.82) is 0 Å². The Kier molecular flexibility index (Phi) is 3.71. The van der Waals surface area contributed by atoms with E-state index in [4.69, 9.17) is 4.74 Å². The summed E-state index contributed by atoms with van der Waals surface area (Å²) in [7, 11) is -3.38. The molecule has 1 unspecified atom stereocenters. The number of aromatic nitrogens is 1. The molecule has 120 valence electrons. The summed E-state index contributed by atoms with van der Waals surface area (Å²) in [4.78, 5) is 4.19. The van der Waals surface area contributed by atoms with Crippen LogP contribution in [0.25, 0.3) is 0 Å². The third-order valence-corrected chi connectivity index (χ3v) is 7.99. The number of thioether (sulfide) groups is 1. The molecule has 1 aliphatic carbocycles. The summed E-state index contributed by atoms with van der Waals surface area (Å²) in [5.74, 6) is 1.78. The zero-order valence-electron chi connectivity index (χ0n) is 12.3. The van der Waals surface area contributed by atoms with E-state index in [9.17, 15) is 8.42 Å². The summed E-state index contributed by atoms with van der Waals surface area (Å²) in [6, 6.07) is 3.27. The van der Waals surface area contributed by atoms with E-state index in [1.54, 1.807) is 22.6 Å². The number of rotatable bonds is 5. The van der Waals surface area contributed by atoms with Gasteiger partial charge in [-0.25, -0.2) is 8.42 Å². The van der Waals surface area contributed by atoms with Crippen LogP contribution in [0, 0.1) is 5.92 Å². The maximum atomic E-state index is 12.5. The zero-order valence-corrected chi connectivity index (χ0v) is 14.0. The molecule has 1 spiro atoms. The molecule has 0 bridgehead atoms. The minimum absolute atomic E-state index is 0.0729. The molecule has 3 fully saturated rings. The van der Waals surface area contributed by atoms with Gasteiger partial charge < -0.3 is 4.74 Å². The van der Waals surface area contributed by atoms with E-state index in [0.29, 0.717) is 19.2 Å². The Morgan fingerprint density at radius 3 is 2.91 bits per heavy atom. The van der Waals surface area contributed by atoms with Crippen LogP contribution >= 0.6 is 11.8 Å². The van der Waals surface area contributed by atoms with Crippen molar-refractivity contribution in [3.8, 4) is 0 Å². The first-order valence-electron chi connectivity index (χ1n) is 7.73. The van der Waals surface area contributed by atoms with Crippen LogP contribution in [-0.4, -0.2) is 54.0 Å². The molecule has 1 aromatic heterocycles. The van der Waals surface area contributed by atoms with Gasteiger partial charge in [0.1, 0.15) is 4.90 Å². The Morgan fingerprint density at radius 1 is 1.41 bits per heavy atom. The molecule has 0 radical (unpaired) electrons. The van der Waals surface area contributed by atoms with Gasteiger partial charge in [-0.05, 0) is 37.3 Å². The van der Waals surface area contributed by atoms with Crippen LogP contribution in [0.15, 0.2) is 29.4 Å². The van der Waals surface area contributed by atoms with E-state index in [1.807, 2.05) is 11.8 Å². The van der Waals surface area contributed by atoms with Gasteiger partial charge in [0.15, 0.2) is 0 Å². The molecule has 1 saturated carbocycles. The van der Waals surface area contributed by atoms with Crippen molar-refractivity contribution in [1.82, 2.24) is 9.29 Å². The van der Waals surface area contributed by atoms with Crippen LogP contribution in [0.2, 0.25) is 0 Å². The van der Waals surface area contributed by atoms with Crippen LogP contribution in [0.4, 0.5) is 0 Å². The van der Waals surface area contributed by atoms with Gasteiger partial charge in [0.2, 0.25) is 10.0 Å². The largest absolute Gasteiger partial charge is 0.377 e. The molecule has 3 heterocycles. The Morgan fingerprint density at radius 2 is 2.23 bits per heavy atom. The summed E-state index contributed by atoms with van der Waals surface area (Å²) >= 11 is 1.88. The summed E-state index contributed by atoms with van der Waals surface area (Å²) in [6.07, 6.45) is 6.90. The first-order chi connectivity index (χ1) is 10.6. The van der Waals surface area contributed by atoms with Gasteiger partial charge >= 0.3 is 0 Å². The molecule has 1 aromatic rings. The van der Waals surface area contributed by atoms with Crippen molar-refractivity contribution in [2.24, 2.45) is 5.92 Å². The highest BCUT2D eigenvalue weighted by atomic mass is 32.2. The topological polar surface area (TPSA) is 59.5 Å². The van der Waals surface area contributed by atoms with Gasteiger partial charge in [-0.2, -0.15) is 4.31 Å². The van der Waals surface area contributed by atoms with Crippen LogP contribution in [-0.2, 0) is 14.8 Å². The monoisotopic (exact) mass is 340 g/mol. The molecule has 0 amide bonds. The lowest BCUT2D eigenvalue weighted by Crippen LogP contribution is -2.60. The highest BCUT2D eigenvalue weighted by molar-refractivity contribution is 8.01. The summed E-state index contributed by atoms with van der Waals surface area (Å²) < 4.78 is 32.6. The standard InChI is InChI=1S/C15H20N2O3S2/c18-22(19,14-2-1-5-16-7-14)17-10-15(11-17)6-13(9-21-15)20-8-12-3-4-12/h1-2,5,7,12-13H,3-4,6,8-11H2. The molecule has 22 heavy (non-hydrogen) atoms. The van der Waals surface area contributed by atoms with Gasteiger partial charge in [-0.15, -0.1) is 11.8 Å². The molecule has 2 saturated heterocycles. The summed E-state index contributed by atoms with van der Waals surface area (Å²) in [6.45, 7) is 2.08. The molecule has 3 aliphatic rings. The molecule has 0 N–H and O–H groups in total. The minimum atomic E-state index is -3.38. The average Bonchev–Trinajstić information content (AvgIpc) is 3.22. The Labute approximate surface area is 135 Å². The van der Waals surface area contributed by atoms with Crippen LogP contribution in [0.5, 0.6) is 0 Å². The number of hydrogen-bond donors (Lipinski definition) is 0. The minimum Gasteiger partial charge on any atom is -0.377 e. The van der Waals surface area contributed by atoms with Gasteiger partial charge in [-0.1, -0.05) is 0 Å². The van der Waals surface area contributed by atoms with Crippen LogP contribution < -0.4 is 0 Å². The van der Waals surface area contributed by atoms with Crippen molar-refractivity contribution in [2.75, 3.05) is 25.4 Å². The fourth-order valence-corrected chi connectivity index (χ4v) is 6.39. The number of hydrogen-bond acceptors (Lipinski definition) is 5. The maximum absolute atomic E-state index is 12.5. The van der Waals surface area contributed by atoms with Crippen molar-refractivity contribution in [3.63, 3.8) is 0 Å². The van der Waals surface area contributed by atoms with Gasteiger partial charge in [0.05, 0.1) is 6.10 Å². The molecule has 1 atom stereocenters. The van der Waals surface area contributed by atoms with Crippen molar-refractivity contribution in [3.05, 3.63) is 24.5 Å². The van der Waals surface area contributed by atoms with Crippen molar-refractivity contribution in [2.45, 2.75) is 35.0 Å². The van der Waals surface area contributed by atoms with E-state index < -0.39 is 10.0 Å². The van der Waals surface area contributed by atoms with Gasteiger partial charge in [-0.3, -0.25) is 4.98 Å². The maximum Gasteiger partial charge on any atom is 0.244 e. The summed E-state index contributed by atoms with van der Waals surface area (Å²) in [5.41, 5.74) is 0. The van der Waals surface area contributed by atoms with E-state index in [2.05, 4.69) is 4.98 Å². The molecule has 0 aromatic carbocycles. The van der Waals surface area contributed by atoms with E-state index in [-0.39, 0.29) is 9.64 Å². The van der Waals surface area contributed by atoms with Crippen molar-refractivity contribution < 1.29 is 13.2 Å². The predicted octanol–water partition coefficient (Wildman–Crippen LogP) is 1.76. The highest BCUT2D eigenvalue weighted by Gasteiger charge is 2.53. The molecule has 5 nitrogen and oxygen atoms in total. The second kappa shape index (κ2) is 5.47. The fourth-order valence-electron chi connectivity index (χ4n) is 3.10. The van der Waals surface area contributed by atoms with E-state index >= 15 is 0 Å². The quantitative estimate of drug-likeness (QED) is 0.817. The predicted molar refractivity (Wildman–Crippen MR) is 85.3 cm³/mol. The SMILES string of the molecule is O=S(=O)(c1cccnc1)N1CC2(CC(OCC3CC3)CS2)C1. The third-order valence-electron chi connectivity index (χ3n) is 4.64. The summed E-state index contributed by atoms with van der Waals surface area (Å²) in [5, 5.41) is 0. The van der Waals surface area contributed by atoms with Crippen molar-refractivity contribution >= 4 is 21.8 Å². The second-order valence-electron chi connectivity index (χ2n) is 6.56. The lowest BCUT2D eigenvalue weighted by atomic mass is 9.95. The van der Waals surface area contributed by atoms with E-state index in [1.165, 1.54) is 19.0 Å². The first kappa shape index (κ1) is 14.9. The molecule has 4 rings (SSSR count). The Hall–Kier alpha value is -0.630.